The van der Waals surface area contributed by atoms with Crippen LogP contribution in [0.2, 0.25) is 0 Å². The number of hydrogen-bond donors (Lipinski definition) is 1. The van der Waals surface area contributed by atoms with E-state index in [1.807, 2.05) is 6.07 Å². The van der Waals surface area contributed by atoms with Crippen molar-refractivity contribution in [1.82, 2.24) is 9.69 Å². The lowest BCUT2D eigenvalue weighted by Crippen LogP contribution is -2.32. The van der Waals surface area contributed by atoms with Crippen molar-refractivity contribution in [2.45, 2.75) is 39.8 Å². The largest absolute Gasteiger partial charge is 0.480 e. The van der Waals surface area contributed by atoms with E-state index in [9.17, 15) is 0 Å². The molecule has 1 rings (SSSR count). The molecule has 86 valence electrons. The molecule has 0 bridgehead atoms. The summed E-state index contributed by atoms with van der Waals surface area (Å²) in [5.74, 6) is 1.35. The molecule has 3 nitrogen and oxygen atoms in total. The Balaban J connectivity index is 2.56. The number of methoxy groups -OCH3 is 1. The van der Waals surface area contributed by atoms with Gasteiger partial charge in [0.25, 0.3) is 0 Å². The van der Waals surface area contributed by atoms with E-state index in [0.717, 1.165) is 0 Å². The van der Waals surface area contributed by atoms with E-state index in [1.54, 1.807) is 7.11 Å². The summed E-state index contributed by atoms with van der Waals surface area (Å²) < 4.78 is 9.26. The van der Waals surface area contributed by atoms with Gasteiger partial charge < -0.3 is 10.1 Å². The lowest BCUT2D eigenvalue weighted by atomic mass is 10.1. The van der Waals surface area contributed by atoms with Crippen molar-refractivity contribution in [3.05, 3.63) is 10.9 Å². The molecule has 1 heterocycles. The van der Waals surface area contributed by atoms with Gasteiger partial charge in [-0.2, -0.15) is 4.37 Å². The average molecular weight is 228 g/mol. The molecule has 0 fully saturated rings. The lowest BCUT2D eigenvalue weighted by Gasteiger charge is -2.21. The van der Waals surface area contributed by atoms with E-state index in [2.05, 4.69) is 37.4 Å². The SMILES string of the molecule is COc1cc(C(C)NC(C)C(C)C)sn1. The van der Waals surface area contributed by atoms with Crippen molar-refractivity contribution >= 4 is 11.5 Å². The summed E-state index contributed by atoms with van der Waals surface area (Å²) >= 11 is 1.50. The first-order chi connectivity index (χ1) is 7.04. The standard InChI is InChI=1S/C11H20N2OS/c1-7(2)8(3)12-9(4)10-6-11(14-5)13-15-10/h6-9,12H,1-5H3. The molecule has 1 aromatic rings. The molecule has 0 spiro atoms. The molecule has 2 atom stereocenters. The highest BCUT2D eigenvalue weighted by Gasteiger charge is 2.14. The molecule has 15 heavy (non-hydrogen) atoms. The second-order valence-corrected chi connectivity index (χ2v) is 5.03. The fourth-order valence-electron chi connectivity index (χ4n) is 1.24. The van der Waals surface area contributed by atoms with Crippen molar-refractivity contribution < 1.29 is 4.74 Å². The first kappa shape index (κ1) is 12.5. The highest BCUT2D eigenvalue weighted by molar-refractivity contribution is 7.06. The second-order valence-electron chi connectivity index (χ2n) is 4.19. The number of rotatable bonds is 5. The predicted molar refractivity (Wildman–Crippen MR) is 64.5 cm³/mol. The van der Waals surface area contributed by atoms with Crippen LogP contribution in [0.15, 0.2) is 6.07 Å². The van der Waals surface area contributed by atoms with Crippen LogP contribution < -0.4 is 10.1 Å². The predicted octanol–water partition coefficient (Wildman–Crippen LogP) is 2.85. The minimum absolute atomic E-state index is 0.337. The first-order valence-electron chi connectivity index (χ1n) is 5.31. The van der Waals surface area contributed by atoms with Crippen LogP contribution >= 0.6 is 11.5 Å². The van der Waals surface area contributed by atoms with Gasteiger partial charge in [0.1, 0.15) is 0 Å². The summed E-state index contributed by atoms with van der Waals surface area (Å²) in [6.45, 7) is 8.81. The Kier molecular flexibility index (Phi) is 4.54. The van der Waals surface area contributed by atoms with E-state index in [4.69, 9.17) is 4.74 Å². The minimum Gasteiger partial charge on any atom is -0.480 e. The van der Waals surface area contributed by atoms with Crippen LogP contribution in [0.3, 0.4) is 0 Å². The summed E-state index contributed by atoms with van der Waals surface area (Å²) in [5.41, 5.74) is 0. The van der Waals surface area contributed by atoms with Crippen LogP contribution in [0, 0.1) is 5.92 Å². The third-order valence-corrected chi connectivity index (χ3v) is 3.61. The van der Waals surface area contributed by atoms with Gasteiger partial charge >= 0.3 is 0 Å². The fraction of sp³-hybridized carbons (Fsp3) is 0.727. The van der Waals surface area contributed by atoms with Gasteiger partial charge in [-0.15, -0.1) is 0 Å². The molecule has 2 unspecified atom stereocenters. The molecule has 0 amide bonds. The summed E-state index contributed by atoms with van der Waals surface area (Å²) in [6.07, 6.45) is 0. The van der Waals surface area contributed by atoms with Crippen LogP contribution in [0.4, 0.5) is 0 Å². The molecule has 0 saturated heterocycles. The zero-order chi connectivity index (χ0) is 11.4. The highest BCUT2D eigenvalue weighted by atomic mass is 32.1. The van der Waals surface area contributed by atoms with Crippen molar-refractivity contribution in [2.75, 3.05) is 7.11 Å². The number of hydrogen-bond acceptors (Lipinski definition) is 4. The maximum Gasteiger partial charge on any atom is 0.225 e. The number of aromatic nitrogens is 1. The van der Waals surface area contributed by atoms with Gasteiger partial charge in [0.05, 0.1) is 7.11 Å². The van der Waals surface area contributed by atoms with Gasteiger partial charge in [-0.25, -0.2) is 0 Å². The molecule has 0 saturated carbocycles. The summed E-state index contributed by atoms with van der Waals surface area (Å²) in [7, 11) is 1.65. The van der Waals surface area contributed by atoms with E-state index in [0.29, 0.717) is 23.9 Å². The molecular weight excluding hydrogens is 208 g/mol. The molecule has 1 N–H and O–H groups in total. The third kappa shape index (κ3) is 3.47. The van der Waals surface area contributed by atoms with E-state index < -0.39 is 0 Å². The second kappa shape index (κ2) is 5.47. The maximum atomic E-state index is 5.07. The summed E-state index contributed by atoms with van der Waals surface area (Å²) in [5, 5.41) is 3.55. The Morgan fingerprint density at radius 1 is 1.33 bits per heavy atom. The van der Waals surface area contributed by atoms with Crippen LogP contribution in [0.5, 0.6) is 5.88 Å². The van der Waals surface area contributed by atoms with Crippen LogP contribution in [-0.4, -0.2) is 17.5 Å². The Labute approximate surface area is 96.0 Å². The zero-order valence-electron chi connectivity index (χ0n) is 10.1. The van der Waals surface area contributed by atoms with E-state index in [-0.39, 0.29) is 0 Å². The van der Waals surface area contributed by atoms with Gasteiger partial charge in [0.2, 0.25) is 5.88 Å². The van der Waals surface area contributed by atoms with Crippen molar-refractivity contribution in [3.63, 3.8) is 0 Å². The average Bonchev–Trinajstić information content (AvgIpc) is 2.65. The highest BCUT2D eigenvalue weighted by Crippen LogP contribution is 2.23. The Hall–Kier alpha value is -0.610. The Bertz CT molecular complexity index is 299. The third-order valence-electron chi connectivity index (χ3n) is 2.66. The maximum absolute atomic E-state index is 5.07. The topological polar surface area (TPSA) is 34.1 Å². The van der Waals surface area contributed by atoms with Crippen LogP contribution in [0.25, 0.3) is 0 Å². The molecule has 0 aromatic carbocycles. The van der Waals surface area contributed by atoms with Gasteiger partial charge in [-0.3, -0.25) is 0 Å². The number of ether oxygens (including phenoxy) is 1. The minimum atomic E-state index is 0.337. The fourth-order valence-corrected chi connectivity index (χ4v) is 1.94. The van der Waals surface area contributed by atoms with Gasteiger partial charge in [0.15, 0.2) is 0 Å². The van der Waals surface area contributed by atoms with E-state index >= 15 is 0 Å². The Morgan fingerprint density at radius 3 is 2.47 bits per heavy atom. The molecule has 0 radical (unpaired) electrons. The van der Waals surface area contributed by atoms with Gasteiger partial charge in [0, 0.05) is 23.0 Å². The monoisotopic (exact) mass is 228 g/mol. The van der Waals surface area contributed by atoms with Gasteiger partial charge in [-0.1, -0.05) is 13.8 Å². The van der Waals surface area contributed by atoms with Crippen molar-refractivity contribution in [1.29, 1.82) is 0 Å². The summed E-state index contributed by atoms with van der Waals surface area (Å²) in [4.78, 5) is 1.22. The molecular formula is C11H20N2OS. The molecule has 0 aliphatic rings. The molecule has 1 aromatic heterocycles. The number of nitrogens with one attached hydrogen (secondary N) is 1. The van der Waals surface area contributed by atoms with Crippen molar-refractivity contribution in [3.8, 4) is 5.88 Å². The normalized spacial score (nSPS) is 15.3. The molecule has 4 heteroatoms. The van der Waals surface area contributed by atoms with Gasteiger partial charge in [-0.05, 0) is 31.3 Å². The smallest absolute Gasteiger partial charge is 0.225 e. The van der Waals surface area contributed by atoms with Crippen molar-refractivity contribution in [2.24, 2.45) is 5.92 Å². The van der Waals surface area contributed by atoms with Crippen LogP contribution in [0.1, 0.15) is 38.6 Å². The zero-order valence-corrected chi connectivity index (χ0v) is 10.9. The first-order valence-corrected chi connectivity index (χ1v) is 6.08. The summed E-state index contributed by atoms with van der Waals surface area (Å²) in [6, 6.07) is 2.84. The molecule has 0 aliphatic carbocycles. The lowest BCUT2D eigenvalue weighted by molar-refractivity contribution is 0.388. The van der Waals surface area contributed by atoms with E-state index in [1.165, 1.54) is 16.4 Å². The van der Waals surface area contributed by atoms with Crippen LogP contribution in [-0.2, 0) is 0 Å². The number of nitrogens with zero attached hydrogens (tertiary/aromatic N) is 1. The quantitative estimate of drug-likeness (QED) is 0.841. The Morgan fingerprint density at radius 2 is 2.00 bits per heavy atom. The molecule has 0 aliphatic heterocycles.